The van der Waals surface area contributed by atoms with Crippen LogP contribution >= 0.6 is 0 Å². The number of hydrogen-bond donors (Lipinski definition) is 4. The molecule has 1 saturated heterocycles. The van der Waals surface area contributed by atoms with E-state index in [2.05, 4.69) is 77.3 Å². The summed E-state index contributed by atoms with van der Waals surface area (Å²) in [7, 11) is 1.01. The maximum atomic E-state index is 11.0. The van der Waals surface area contributed by atoms with Crippen molar-refractivity contribution in [2.75, 3.05) is 20.8 Å². The number of methoxy groups -OCH3 is 2. The van der Waals surface area contributed by atoms with E-state index in [1.807, 2.05) is 6.07 Å². The first-order valence-electron chi connectivity index (χ1n) is 14.0. The van der Waals surface area contributed by atoms with E-state index < -0.39 is 44.9 Å². The van der Waals surface area contributed by atoms with Crippen LogP contribution in [0.25, 0.3) is 0 Å². The fraction of sp³-hybridized carbons (Fsp3) is 0.562. The van der Waals surface area contributed by atoms with E-state index in [1.54, 1.807) is 12.1 Å². The molecule has 1 aliphatic rings. The Labute approximate surface area is 240 Å². The van der Waals surface area contributed by atoms with Crippen LogP contribution in [0.3, 0.4) is 0 Å². The zero-order valence-electron chi connectivity index (χ0n) is 25.0. The molecule has 2 aromatic rings. The molecule has 0 saturated carbocycles. The van der Waals surface area contributed by atoms with Gasteiger partial charge in [-0.15, -0.1) is 5.54 Å². The van der Waals surface area contributed by atoms with Gasteiger partial charge in [0.25, 0.3) is 0 Å². The highest BCUT2D eigenvalue weighted by molar-refractivity contribution is 6.90. The van der Waals surface area contributed by atoms with Crippen LogP contribution in [0.4, 0.5) is 0 Å². The van der Waals surface area contributed by atoms with Crippen molar-refractivity contribution in [3.05, 3.63) is 64.7 Å². The van der Waals surface area contributed by atoms with Gasteiger partial charge < -0.3 is 34.6 Å². The predicted molar refractivity (Wildman–Crippen MR) is 159 cm³/mol. The molecule has 0 aromatic heterocycles. The average molecular weight is 571 g/mol. The second kappa shape index (κ2) is 13.2. The predicted octanol–water partition coefficient (Wildman–Crippen LogP) is 4.13. The van der Waals surface area contributed by atoms with Crippen molar-refractivity contribution >= 4 is 8.07 Å². The molecule has 1 fully saturated rings. The zero-order valence-corrected chi connectivity index (χ0v) is 26.0. The molecule has 0 aliphatic carbocycles. The van der Waals surface area contributed by atoms with E-state index in [4.69, 9.17) is 14.2 Å². The smallest absolute Gasteiger partial charge is 0.228 e. The van der Waals surface area contributed by atoms with Crippen molar-refractivity contribution in [3.63, 3.8) is 0 Å². The molecular weight excluding hydrogens is 524 g/mol. The SMILES string of the molecule is COc1ccc(Cc2ccc(C#C[Si](C(C)C)(C(C)C)C(C)C)cc2)cc1[C@]1(OC)O[C@H](CO)[C@@H](O)[C@H](O)[C@H]1O. The summed E-state index contributed by atoms with van der Waals surface area (Å²) in [6.07, 6.45) is -5.29. The molecule has 8 heteroatoms. The van der Waals surface area contributed by atoms with Crippen molar-refractivity contribution in [2.45, 2.75) is 94.8 Å². The lowest BCUT2D eigenvalue weighted by atomic mass is 9.86. The second-order valence-corrected chi connectivity index (χ2v) is 17.3. The van der Waals surface area contributed by atoms with Crippen molar-refractivity contribution in [3.8, 4) is 17.2 Å². The minimum Gasteiger partial charge on any atom is -0.496 e. The maximum absolute atomic E-state index is 11.0. The molecule has 0 radical (unpaired) electrons. The molecule has 4 N–H and O–H groups in total. The highest BCUT2D eigenvalue weighted by atomic mass is 28.3. The Morgan fingerprint density at radius 1 is 0.875 bits per heavy atom. The van der Waals surface area contributed by atoms with Crippen molar-refractivity contribution < 1.29 is 34.6 Å². The molecule has 0 bridgehead atoms. The summed E-state index contributed by atoms with van der Waals surface area (Å²) in [6, 6.07) is 13.7. The number of aliphatic hydroxyl groups excluding tert-OH is 4. The largest absolute Gasteiger partial charge is 0.496 e. The molecule has 220 valence electrons. The minimum absolute atomic E-state index is 0.353. The van der Waals surface area contributed by atoms with Gasteiger partial charge in [0.05, 0.1) is 19.3 Å². The van der Waals surface area contributed by atoms with Gasteiger partial charge in [0.2, 0.25) is 5.79 Å². The van der Waals surface area contributed by atoms with Crippen molar-refractivity contribution in [2.24, 2.45) is 0 Å². The Bertz CT molecular complexity index is 1160. The topological polar surface area (TPSA) is 109 Å². The second-order valence-electron chi connectivity index (χ2n) is 11.7. The lowest BCUT2D eigenvalue weighted by molar-refractivity contribution is -0.366. The first-order chi connectivity index (χ1) is 18.9. The van der Waals surface area contributed by atoms with Crippen LogP contribution in [0.1, 0.15) is 63.8 Å². The first-order valence-corrected chi connectivity index (χ1v) is 16.3. The molecule has 0 amide bonds. The zero-order chi connectivity index (χ0) is 29.8. The van der Waals surface area contributed by atoms with Crippen LogP contribution in [0, 0.1) is 11.5 Å². The van der Waals surface area contributed by atoms with Crippen LogP contribution in [0.2, 0.25) is 16.6 Å². The van der Waals surface area contributed by atoms with Crippen LogP contribution in [-0.2, 0) is 21.7 Å². The molecule has 2 aromatic carbocycles. The van der Waals surface area contributed by atoms with Gasteiger partial charge in [0, 0.05) is 12.7 Å². The van der Waals surface area contributed by atoms with E-state index in [0.717, 1.165) is 16.7 Å². The molecule has 0 spiro atoms. The van der Waals surface area contributed by atoms with Gasteiger partial charge in [-0.2, -0.15) is 0 Å². The van der Waals surface area contributed by atoms with Gasteiger partial charge >= 0.3 is 0 Å². The van der Waals surface area contributed by atoms with E-state index >= 15 is 0 Å². The minimum atomic E-state index is -1.85. The van der Waals surface area contributed by atoms with Gasteiger partial charge in [-0.25, -0.2) is 0 Å². The maximum Gasteiger partial charge on any atom is 0.228 e. The third-order valence-corrected chi connectivity index (χ3v) is 14.8. The Morgan fingerprint density at radius 2 is 1.45 bits per heavy atom. The van der Waals surface area contributed by atoms with Gasteiger partial charge in [-0.1, -0.05) is 65.7 Å². The van der Waals surface area contributed by atoms with Crippen LogP contribution < -0.4 is 4.74 Å². The van der Waals surface area contributed by atoms with E-state index in [9.17, 15) is 20.4 Å². The van der Waals surface area contributed by atoms with Crippen LogP contribution in [0.5, 0.6) is 5.75 Å². The third kappa shape index (κ3) is 6.02. The fourth-order valence-electron chi connectivity index (χ4n) is 6.34. The third-order valence-electron chi connectivity index (χ3n) is 8.54. The summed E-state index contributed by atoms with van der Waals surface area (Å²) in [4.78, 5) is 0. The Balaban J connectivity index is 1.93. The van der Waals surface area contributed by atoms with E-state index in [-0.39, 0.29) is 0 Å². The highest BCUT2D eigenvalue weighted by Crippen LogP contribution is 2.44. The van der Waals surface area contributed by atoms with E-state index in [1.165, 1.54) is 14.2 Å². The number of aliphatic hydroxyl groups is 4. The molecule has 7 nitrogen and oxygen atoms in total. The first kappa shape index (κ1) is 32.3. The number of hydrogen-bond acceptors (Lipinski definition) is 7. The summed E-state index contributed by atoms with van der Waals surface area (Å²) in [5, 5.41) is 41.5. The molecule has 1 aliphatic heterocycles. The molecule has 40 heavy (non-hydrogen) atoms. The standard InChI is InChI=1S/C32H46O7Si/c1-20(2)40(21(3)4,22(5)6)16-15-23-9-11-24(12-10-23)17-25-13-14-27(37-7)26(18-25)32(38-8)31(36)30(35)29(34)28(19-33)39-32/h9-14,18,20-22,28-31,33-36H,17,19H2,1-8H3/t28-,29-,30+,31-,32+/m1/s1. The molecule has 1 heterocycles. The molecular formula is C32H46O7Si. The average Bonchev–Trinajstić information content (AvgIpc) is 2.93. The number of ether oxygens (including phenoxy) is 3. The van der Waals surface area contributed by atoms with Gasteiger partial charge in [0.1, 0.15) is 38.2 Å². The normalized spacial score (nSPS) is 25.3. The monoisotopic (exact) mass is 570 g/mol. The fourth-order valence-corrected chi connectivity index (χ4v) is 11.6. The van der Waals surface area contributed by atoms with Crippen molar-refractivity contribution in [1.82, 2.24) is 0 Å². The number of benzene rings is 2. The lowest BCUT2D eigenvalue weighted by Gasteiger charge is -2.47. The Kier molecular flexibility index (Phi) is 10.6. The van der Waals surface area contributed by atoms with Crippen LogP contribution in [0.15, 0.2) is 42.5 Å². The summed E-state index contributed by atoms with van der Waals surface area (Å²) >= 11 is 0. The summed E-state index contributed by atoms with van der Waals surface area (Å²) in [6.45, 7) is 13.3. The summed E-state index contributed by atoms with van der Waals surface area (Å²) < 4.78 is 17.1. The molecule has 0 unspecified atom stereocenters. The van der Waals surface area contributed by atoms with Crippen molar-refractivity contribution in [1.29, 1.82) is 0 Å². The quantitative estimate of drug-likeness (QED) is 0.265. The van der Waals surface area contributed by atoms with E-state index in [0.29, 0.717) is 34.4 Å². The summed E-state index contributed by atoms with van der Waals surface area (Å²) in [5.41, 5.74) is 8.81. The Hall–Kier alpha value is -2.22. The van der Waals surface area contributed by atoms with Gasteiger partial charge in [-0.3, -0.25) is 0 Å². The summed E-state index contributed by atoms with van der Waals surface area (Å²) in [5.74, 6) is 2.02. The molecule has 3 rings (SSSR count). The number of rotatable bonds is 9. The van der Waals surface area contributed by atoms with Gasteiger partial charge in [0.15, 0.2) is 0 Å². The molecule has 5 atom stereocenters. The Morgan fingerprint density at radius 3 is 1.95 bits per heavy atom. The lowest BCUT2D eigenvalue weighted by Crippen LogP contribution is -2.64. The van der Waals surface area contributed by atoms with Gasteiger partial charge in [-0.05, 0) is 58.4 Å². The van der Waals surface area contributed by atoms with Crippen LogP contribution in [-0.4, -0.2) is 73.7 Å². The highest BCUT2D eigenvalue weighted by Gasteiger charge is 2.56.